The summed E-state index contributed by atoms with van der Waals surface area (Å²) in [6.45, 7) is 9.50. The zero-order valence-corrected chi connectivity index (χ0v) is 21.0. The van der Waals surface area contributed by atoms with Crippen molar-refractivity contribution in [3.05, 3.63) is 82.5 Å². The number of amidine groups is 1. The molecule has 0 saturated carbocycles. The first-order valence-electron chi connectivity index (χ1n) is 11.8. The van der Waals surface area contributed by atoms with E-state index in [1.165, 1.54) is 11.8 Å². The van der Waals surface area contributed by atoms with Gasteiger partial charge in [0.25, 0.3) is 5.91 Å². The van der Waals surface area contributed by atoms with E-state index in [9.17, 15) is 4.79 Å². The smallest absolute Gasteiger partial charge is 0.286 e. The molecule has 8 nitrogen and oxygen atoms in total. The maximum Gasteiger partial charge on any atom is 0.286 e. The van der Waals surface area contributed by atoms with Crippen LogP contribution in [0.4, 0.5) is 0 Å². The summed E-state index contributed by atoms with van der Waals surface area (Å²) in [5.74, 6) is 0.677. The second-order valence-corrected chi connectivity index (χ2v) is 10.7. The number of amides is 1. The number of tetrazole rings is 1. The lowest BCUT2D eigenvalue weighted by atomic mass is 10.0. The Hall–Kier alpha value is -3.30. The lowest BCUT2D eigenvalue weighted by Crippen LogP contribution is -2.49. The molecule has 3 heterocycles. The Kier molecular flexibility index (Phi) is 6.53. The highest BCUT2D eigenvalue weighted by Crippen LogP contribution is 2.33. The van der Waals surface area contributed by atoms with Crippen LogP contribution in [-0.4, -0.2) is 67.3 Å². The van der Waals surface area contributed by atoms with Crippen LogP contribution in [0.25, 0.3) is 6.08 Å². The number of carbonyl (C=O) groups is 1. The summed E-state index contributed by atoms with van der Waals surface area (Å²) >= 11 is 1.46. The molecule has 9 heteroatoms. The van der Waals surface area contributed by atoms with E-state index in [1.807, 2.05) is 47.2 Å². The molecule has 2 aromatic carbocycles. The van der Waals surface area contributed by atoms with Gasteiger partial charge >= 0.3 is 0 Å². The molecule has 1 aromatic heterocycles. The Bertz CT molecular complexity index is 1240. The fourth-order valence-electron chi connectivity index (χ4n) is 4.41. The minimum atomic E-state index is -0.231. The van der Waals surface area contributed by atoms with Crippen LogP contribution >= 0.6 is 11.8 Å². The van der Waals surface area contributed by atoms with E-state index in [0.717, 1.165) is 48.3 Å². The molecule has 0 radical (unpaired) electrons. The molecule has 1 atom stereocenters. The van der Waals surface area contributed by atoms with Gasteiger partial charge in [0, 0.05) is 26.2 Å². The zero-order chi connectivity index (χ0) is 24.4. The molecule has 3 aromatic rings. The van der Waals surface area contributed by atoms with Crippen LogP contribution in [0.5, 0.6) is 0 Å². The van der Waals surface area contributed by atoms with Crippen LogP contribution in [0.3, 0.4) is 0 Å². The monoisotopic (exact) mass is 487 g/mol. The molecule has 1 saturated heterocycles. The Morgan fingerprint density at radius 2 is 1.60 bits per heavy atom. The number of aliphatic imine (C=N–C) groups is 1. The van der Waals surface area contributed by atoms with Gasteiger partial charge in [0.05, 0.1) is 16.5 Å². The number of nitrogens with zero attached hydrogens (tertiary/aromatic N) is 7. The summed E-state index contributed by atoms with van der Waals surface area (Å²) in [7, 11) is 0. The van der Waals surface area contributed by atoms with Crippen molar-refractivity contribution in [2.24, 2.45) is 4.99 Å². The molecule has 1 fully saturated rings. The van der Waals surface area contributed by atoms with Crippen LogP contribution in [0, 0.1) is 0 Å². The topological polar surface area (TPSA) is 79.5 Å². The lowest BCUT2D eigenvalue weighted by molar-refractivity contribution is -0.113. The number of benzene rings is 2. The first-order valence-corrected chi connectivity index (χ1v) is 12.6. The van der Waals surface area contributed by atoms with Crippen molar-refractivity contribution in [2.75, 3.05) is 26.2 Å². The molecule has 0 bridgehead atoms. The molecule has 0 spiro atoms. The van der Waals surface area contributed by atoms with Gasteiger partial charge in [-0.3, -0.25) is 9.69 Å². The van der Waals surface area contributed by atoms with Crippen molar-refractivity contribution in [1.82, 2.24) is 30.0 Å². The number of thioether (sulfide) groups is 1. The number of hydrogen-bond acceptors (Lipinski definition) is 7. The van der Waals surface area contributed by atoms with E-state index < -0.39 is 0 Å². The SMILES string of the molecule is CC(C)(C)n1nnnc1C(c1ccccc1)N1CCN(C2=NC(=O)/C(=C/c3ccccc3)S2)CC1. The van der Waals surface area contributed by atoms with Crippen LogP contribution < -0.4 is 0 Å². The van der Waals surface area contributed by atoms with Gasteiger partial charge in [-0.1, -0.05) is 60.7 Å². The van der Waals surface area contributed by atoms with Gasteiger partial charge in [-0.2, -0.15) is 4.99 Å². The first-order chi connectivity index (χ1) is 16.9. The highest BCUT2D eigenvalue weighted by molar-refractivity contribution is 8.18. The molecule has 1 unspecified atom stereocenters. The summed E-state index contributed by atoms with van der Waals surface area (Å²) in [5.41, 5.74) is 1.94. The van der Waals surface area contributed by atoms with Crippen molar-refractivity contribution in [3.8, 4) is 0 Å². The molecule has 2 aliphatic rings. The average molecular weight is 488 g/mol. The third kappa shape index (κ3) is 5.06. The molecule has 35 heavy (non-hydrogen) atoms. The highest BCUT2D eigenvalue weighted by Gasteiger charge is 2.35. The minimum absolute atomic E-state index is 0.0547. The van der Waals surface area contributed by atoms with E-state index >= 15 is 0 Å². The van der Waals surface area contributed by atoms with Crippen molar-refractivity contribution in [2.45, 2.75) is 32.4 Å². The zero-order valence-electron chi connectivity index (χ0n) is 20.2. The van der Waals surface area contributed by atoms with Gasteiger partial charge in [-0.15, -0.1) is 5.10 Å². The molecule has 2 aliphatic heterocycles. The lowest BCUT2D eigenvalue weighted by Gasteiger charge is -2.39. The second kappa shape index (κ2) is 9.75. The predicted molar refractivity (Wildman–Crippen MR) is 139 cm³/mol. The van der Waals surface area contributed by atoms with E-state index in [4.69, 9.17) is 0 Å². The highest BCUT2D eigenvalue weighted by atomic mass is 32.2. The molecule has 0 aliphatic carbocycles. The fraction of sp³-hybridized carbons (Fsp3) is 0.346. The van der Waals surface area contributed by atoms with Gasteiger partial charge in [-0.25, -0.2) is 4.68 Å². The quantitative estimate of drug-likeness (QED) is 0.518. The van der Waals surface area contributed by atoms with E-state index in [2.05, 4.69) is 75.4 Å². The third-order valence-corrected chi connectivity index (χ3v) is 7.19. The van der Waals surface area contributed by atoms with E-state index in [1.54, 1.807) is 0 Å². The summed E-state index contributed by atoms with van der Waals surface area (Å²) in [4.78, 5) is 22.2. The van der Waals surface area contributed by atoms with Gasteiger partial charge < -0.3 is 4.90 Å². The fourth-order valence-corrected chi connectivity index (χ4v) is 5.37. The number of piperazine rings is 1. The third-order valence-electron chi connectivity index (χ3n) is 6.15. The summed E-state index contributed by atoms with van der Waals surface area (Å²) < 4.78 is 1.92. The van der Waals surface area contributed by atoms with Crippen LogP contribution in [0.1, 0.15) is 43.8 Å². The molecule has 5 rings (SSSR count). The summed E-state index contributed by atoms with van der Waals surface area (Å²) in [6.07, 6.45) is 1.91. The van der Waals surface area contributed by atoms with Crippen LogP contribution in [0.15, 0.2) is 70.6 Å². The standard InChI is InChI=1S/C26H29N7OS/c1-26(2,3)33-23(28-29-30-33)22(20-12-8-5-9-13-20)31-14-16-32(17-15-31)25-27-24(34)21(35-25)18-19-10-6-4-7-11-19/h4-13,18,22H,14-17H2,1-3H3/b21-18-. The minimum Gasteiger partial charge on any atom is -0.348 e. The van der Waals surface area contributed by atoms with Crippen molar-refractivity contribution in [1.29, 1.82) is 0 Å². The Balaban J connectivity index is 1.33. The number of rotatable bonds is 4. The van der Waals surface area contributed by atoms with Crippen molar-refractivity contribution >= 4 is 28.9 Å². The second-order valence-electron chi connectivity index (χ2n) is 9.68. The Labute approximate surface area is 209 Å². The average Bonchev–Trinajstić information content (AvgIpc) is 3.49. The van der Waals surface area contributed by atoms with Crippen molar-refractivity contribution in [3.63, 3.8) is 0 Å². The predicted octanol–water partition coefficient (Wildman–Crippen LogP) is 3.81. The largest absolute Gasteiger partial charge is 0.348 e. The van der Waals surface area contributed by atoms with Gasteiger partial charge in [-0.05, 0) is 60.2 Å². The van der Waals surface area contributed by atoms with Gasteiger partial charge in [0.15, 0.2) is 11.0 Å². The van der Waals surface area contributed by atoms with Crippen LogP contribution in [-0.2, 0) is 10.3 Å². The normalized spacial score (nSPS) is 19.3. The number of hydrogen-bond donors (Lipinski definition) is 0. The number of carbonyl (C=O) groups excluding carboxylic acids is 1. The van der Waals surface area contributed by atoms with E-state index in [0.29, 0.717) is 4.91 Å². The molecular formula is C26H29N7OS. The van der Waals surface area contributed by atoms with E-state index in [-0.39, 0.29) is 17.5 Å². The Morgan fingerprint density at radius 1 is 0.943 bits per heavy atom. The van der Waals surface area contributed by atoms with Gasteiger partial charge in [0.1, 0.15) is 0 Å². The molecule has 1 amide bonds. The summed E-state index contributed by atoms with van der Waals surface area (Å²) in [5, 5.41) is 13.6. The summed E-state index contributed by atoms with van der Waals surface area (Å²) in [6, 6.07) is 20.2. The number of aromatic nitrogens is 4. The molecule has 180 valence electrons. The first kappa shape index (κ1) is 23.4. The maximum atomic E-state index is 12.5. The molecule has 0 N–H and O–H groups in total. The van der Waals surface area contributed by atoms with Crippen molar-refractivity contribution < 1.29 is 4.79 Å². The molecular weight excluding hydrogens is 458 g/mol. The maximum absolute atomic E-state index is 12.5. The Morgan fingerprint density at radius 3 is 2.26 bits per heavy atom. The van der Waals surface area contributed by atoms with Gasteiger partial charge in [0.2, 0.25) is 0 Å². The van der Waals surface area contributed by atoms with Crippen LogP contribution in [0.2, 0.25) is 0 Å².